The molecule has 1 heterocycles. The number of halogens is 2. The molecule has 1 amide bonds. The zero-order valence-electron chi connectivity index (χ0n) is 14.8. The van der Waals surface area contributed by atoms with Crippen molar-refractivity contribution in [2.75, 3.05) is 12.4 Å². The number of aromatic nitrogens is 1. The average Bonchev–Trinajstić information content (AvgIpc) is 2.68. The van der Waals surface area contributed by atoms with Crippen molar-refractivity contribution in [1.29, 1.82) is 0 Å². The number of amides is 1. The lowest BCUT2D eigenvalue weighted by molar-refractivity contribution is 0.102. The second-order valence-corrected chi connectivity index (χ2v) is 5.76. The van der Waals surface area contributed by atoms with Gasteiger partial charge in [-0.05, 0) is 35.9 Å². The Labute approximate surface area is 158 Å². The number of hydrogen-bond acceptors (Lipinski definition) is 4. The Hall–Kier alpha value is -3.68. The van der Waals surface area contributed by atoms with Crippen LogP contribution in [0.5, 0.6) is 17.2 Å². The van der Waals surface area contributed by atoms with Crippen molar-refractivity contribution in [3.05, 3.63) is 82.0 Å². The van der Waals surface area contributed by atoms with Gasteiger partial charge in [0.05, 0.1) is 12.7 Å². The number of benzene rings is 2. The van der Waals surface area contributed by atoms with Crippen molar-refractivity contribution in [1.82, 2.24) is 4.98 Å². The molecule has 8 heteroatoms. The first-order chi connectivity index (χ1) is 13.5. The highest BCUT2D eigenvalue weighted by Gasteiger charge is 2.16. The number of alkyl halides is 1. The van der Waals surface area contributed by atoms with Crippen molar-refractivity contribution >= 4 is 11.6 Å². The van der Waals surface area contributed by atoms with Crippen LogP contribution in [-0.4, -0.2) is 18.0 Å². The summed E-state index contributed by atoms with van der Waals surface area (Å²) >= 11 is 0. The van der Waals surface area contributed by atoms with Gasteiger partial charge >= 0.3 is 0 Å². The van der Waals surface area contributed by atoms with E-state index in [4.69, 9.17) is 9.47 Å². The van der Waals surface area contributed by atoms with Crippen LogP contribution in [0.15, 0.2) is 59.5 Å². The molecular weight excluding hydrogens is 370 g/mol. The largest absolute Gasteiger partial charge is 0.494 e. The maximum atomic E-state index is 13.9. The van der Waals surface area contributed by atoms with Crippen molar-refractivity contribution in [2.45, 2.75) is 6.67 Å². The second-order valence-electron chi connectivity index (χ2n) is 5.76. The molecule has 0 aliphatic carbocycles. The molecule has 3 aromatic rings. The van der Waals surface area contributed by atoms with Crippen molar-refractivity contribution in [3.63, 3.8) is 0 Å². The summed E-state index contributed by atoms with van der Waals surface area (Å²) in [5.41, 5.74) is 0.283. The molecule has 0 unspecified atom stereocenters. The zero-order valence-corrected chi connectivity index (χ0v) is 14.8. The van der Waals surface area contributed by atoms with Crippen LogP contribution in [0, 0.1) is 5.82 Å². The Morgan fingerprint density at radius 3 is 2.61 bits per heavy atom. The number of methoxy groups -OCH3 is 1. The highest BCUT2D eigenvalue weighted by molar-refractivity contribution is 6.06. The Morgan fingerprint density at radius 2 is 1.93 bits per heavy atom. The third-order valence-corrected chi connectivity index (χ3v) is 3.83. The lowest BCUT2D eigenvalue weighted by atomic mass is 10.1. The maximum absolute atomic E-state index is 13.9. The van der Waals surface area contributed by atoms with Gasteiger partial charge < -0.3 is 19.8 Å². The Morgan fingerprint density at radius 1 is 1.11 bits per heavy atom. The summed E-state index contributed by atoms with van der Waals surface area (Å²) < 4.78 is 37.4. The van der Waals surface area contributed by atoms with E-state index in [0.29, 0.717) is 0 Å². The van der Waals surface area contributed by atoms with Crippen LogP contribution >= 0.6 is 0 Å². The number of pyridine rings is 1. The molecule has 2 N–H and O–H groups in total. The molecule has 28 heavy (non-hydrogen) atoms. The minimum Gasteiger partial charge on any atom is -0.494 e. The summed E-state index contributed by atoms with van der Waals surface area (Å²) in [5, 5.41) is 2.57. The molecule has 0 radical (unpaired) electrons. The molecule has 0 atom stereocenters. The molecule has 0 saturated carbocycles. The van der Waals surface area contributed by atoms with Gasteiger partial charge in [0, 0.05) is 24.0 Å². The lowest BCUT2D eigenvalue weighted by Crippen LogP contribution is -2.15. The van der Waals surface area contributed by atoms with E-state index in [-0.39, 0.29) is 39.6 Å². The van der Waals surface area contributed by atoms with Gasteiger partial charge in [0.15, 0.2) is 11.6 Å². The van der Waals surface area contributed by atoms with Gasteiger partial charge in [0.25, 0.3) is 5.91 Å². The van der Waals surface area contributed by atoms with Crippen LogP contribution in [0.25, 0.3) is 0 Å². The molecule has 0 fully saturated rings. The van der Waals surface area contributed by atoms with Gasteiger partial charge in [0.1, 0.15) is 18.2 Å². The Bertz CT molecular complexity index is 1070. The number of hydrogen-bond donors (Lipinski definition) is 2. The van der Waals surface area contributed by atoms with Crippen molar-refractivity contribution in [2.24, 2.45) is 0 Å². The maximum Gasteiger partial charge on any atom is 0.259 e. The van der Waals surface area contributed by atoms with E-state index in [1.54, 1.807) is 0 Å². The molecular formula is C20H16F2N2O4. The van der Waals surface area contributed by atoms with E-state index < -0.39 is 18.4 Å². The smallest absolute Gasteiger partial charge is 0.259 e. The quantitative estimate of drug-likeness (QED) is 0.670. The number of H-pyrrole nitrogens is 1. The Balaban J connectivity index is 1.92. The number of rotatable bonds is 6. The van der Waals surface area contributed by atoms with E-state index in [9.17, 15) is 18.4 Å². The van der Waals surface area contributed by atoms with Crippen LogP contribution < -0.4 is 20.3 Å². The van der Waals surface area contributed by atoms with Crippen LogP contribution in [0.4, 0.5) is 14.5 Å². The summed E-state index contributed by atoms with van der Waals surface area (Å²) in [4.78, 5) is 26.4. The number of aromatic amines is 1. The van der Waals surface area contributed by atoms with Gasteiger partial charge in [-0.1, -0.05) is 6.07 Å². The van der Waals surface area contributed by atoms with Crippen LogP contribution in [-0.2, 0) is 6.67 Å². The number of nitrogens with one attached hydrogen (secondary N) is 2. The molecule has 2 aromatic carbocycles. The minimum atomic E-state index is -0.761. The molecule has 0 saturated heterocycles. The van der Waals surface area contributed by atoms with Crippen LogP contribution in [0.1, 0.15) is 15.9 Å². The first-order valence-corrected chi connectivity index (χ1v) is 8.20. The molecule has 0 spiro atoms. The summed E-state index contributed by atoms with van der Waals surface area (Å²) in [5.74, 6) is -1.02. The summed E-state index contributed by atoms with van der Waals surface area (Å²) in [6, 6.07) is 10.8. The van der Waals surface area contributed by atoms with Crippen LogP contribution in [0.3, 0.4) is 0 Å². The summed E-state index contributed by atoms with van der Waals surface area (Å²) in [7, 11) is 1.33. The first-order valence-electron chi connectivity index (χ1n) is 8.20. The summed E-state index contributed by atoms with van der Waals surface area (Å²) in [6.45, 7) is -0.761. The molecule has 0 bridgehead atoms. The standard InChI is InChI=1S/C20H16F2N2O4/c1-27-17-5-3-14(10-16(17)22)28-18-8-12(11-21)2-4-15(18)20(26)24-13-6-7-23-19(25)9-13/h2-10H,11H2,1H3,(H2,23,24,25,26). The first kappa shape index (κ1) is 19.1. The number of ether oxygens (including phenoxy) is 2. The van der Waals surface area contributed by atoms with Gasteiger partial charge in [-0.3, -0.25) is 9.59 Å². The molecule has 3 rings (SSSR count). The van der Waals surface area contributed by atoms with Gasteiger partial charge in [-0.2, -0.15) is 0 Å². The number of carbonyl (C=O) groups is 1. The lowest BCUT2D eigenvalue weighted by Gasteiger charge is -2.13. The molecule has 144 valence electrons. The van der Waals surface area contributed by atoms with Gasteiger partial charge in [-0.15, -0.1) is 0 Å². The highest BCUT2D eigenvalue weighted by Crippen LogP contribution is 2.30. The molecule has 0 aliphatic rings. The number of anilines is 1. The predicted octanol–water partition coefficient (Wildman–Crippen LogP) is 4.04. The minimum absolute atomic E-state index is 0.0390. The number of carbonyl (C=O) groups excluding carboxylic acids is 1. The third-order valence-electron chi connectivity index (χ3n) is 3.83. The van der Waals surface area contributed by atoms with Gasteiger partial charge in [-0.25, -0.2) is 8.78 Å². The van der Waals surface area contributed by atoms with E-state index in [2.05, 4.69) is 10.3 Å². The van der Waals surface area contributed by atoms with E-state index in [1.165, 1.54) is 55.8 Å². The molecule has 1 aromatic heterocycles. The third kappa shape index (κ3) is 4.35. The summed E-state index contributed by atoms with van der Waals surface area (Å²) in [6.07, 6.45) is 1.39. The SMILES string of the molecule is COc1ccc(Oc2cc(CF)ccc2C(=O)Nc2cc[nH]c(=O)c2)cc1F. The highest BCUT2D eigenvalue weighted by atomic mass is 19.1. The monoisotopic (exact) mass is 386 g/mol. The predicted molar refractivity (Wildman–Crippen MR) is 99.3 cm³/mol. The fraction of sp³-hybridized carbons (Fsp3) is 0.100. The topological polar surface area (TPSA) is 80.4 Å². The van der Waals surface area contributed by atoms with Crippen molar-refractivity contribution < 1.29 is 23.0 Å². The normalized spacial score (nSPS) is 10.4. The fourth-order valence-corrected chi connectivity index (χ4v) is 2.48. The van der Waals surface area contributed by atoms with E-state index in [0.717, 1.165) is 6.07 Å². The van der Waals surface area contributed by atoms with E-state index >= 15 is 0 Å². The second kappa shape index (κ2) is 8.34. The molecule has 0 aliphatic heterocycles. The van der Waals surface area contributed by atoms with Crippen molar-refractivity contribution in [3.8, 4) is 17.2 Å². The fourth-order valence-electron chi connectivity index (χ4n) is 2.48. The van der Waals surface area contributed by atoms with Crippen LogP contribution in [0.2, 0.25) is 0 Å². The Kier molecular flexibility index (Phi) is 5.69. The van der Waals surface area contributed by atoms with Gasteiger partial charge in [0.2, 0.25) is 5.56 Å². The average molecular weight is 386 g/mol. The molecule has 6 nitrogen and oxygen atoms in total. The van der Waals surface area contributed by atoms with E-state index in [1.807, 2.05) is 0 Å². The zero-order chi connectivity index (χ0) is 20.1.